The highest BCUT2D eigenvalue weighted by Gasteiger charge is 2.24. The lowest BCUT2D eigenvalue weighted by Gasteiger charge is -2.14. The molecule has 1 aliphatic rings. The van der Waals surface area contributed by atoms with E-state index in [4.69, 9.17) is 14.6 Å². The first-order valence-electron chi connectivity index (χ1n) is 6.14. The van der Waals surface area contributed by atoms with Crippen LogP contribution in [0.4, 0.5) is 8.78 Å². The first-order valence-corrected chi connectivity index (χ1v) is 6.14. The lowest BCUT2D eigenvalue weighted by molar-refractivity contribution is -0.142. The molecule has 8 heteroatoms. The maximum atomic E-state index is 12.2. The first kappa shape index (κ1) is 15.0. The van der Waals surface area contributed by atoms with E-state index in [1.54, 1.807) is 18.2 Å². The molecule has 1 atom stereocenters. The Morgan fingerprint density at radius 1 is 1.29 bits per heavy atom. The van der Waals surface area contributed by atoms with Gasteiger partial charge in [0.25, 0.3) is 0 Å². The summed E-state index contributed by atoms with van der Waals surface area (Å²) in [5, 5.41) is 10.9. The van der Waals surface area contributed by atoms with Crippen LogP contribution in [-0.4, -0.2) is 36.2 Å². The van der Waals surface area contributed by atoms with Crippen molar-refractivity contribution < 1.29 is 33.0 Å². The van der Waals surface area contributed by atoms with Crippen molar-refractivity contribution in [2.75, 3.05) is 6.79 Å². The number of carbonyl (C=O) groups excluding carboxylic acids is 1. The molecule has 21 heavy (non-hydrogen) atoms. The molecule has 1 aromatic carbocycles. The first-order chi connectivity index (χ1) is 9.95. The number of fused-ring (bicyclic) bond motifs is 1. The second kappa shape index (κ2) is 6.38. The van der Waals surface area contributed by atoms with Gasteiger partial charge in [-0.05, 0) is 17.7 Å². The maximum Gasteiger partial charge on any atom is 0.326 e. The quantitative estimate of drug-likeness (QED) is 0.824. The topological polar surface area (TPSA) is 84.9 Å². The molecule has 1 aliphatic heterocycles. The number of aliphatic carboxylic acids is 1. The number of rotatable bonds is 6. The van der Waals surface area contributed by atoms with Crippen LogP contribution < -0.4 is 14.8 Å². The number of carboxylic acid groups (broad SMARTS) is 1. The molecule has 0 aliphatic carbocycles. The second-order valence-corrected chi connectivity index (χ2v) is 4.45. The van der Waals surface area contributed by atoms with E-state index in [-0.39, 0.29) is 13.2 Å². The highest BCUT2D eigenvalue weighted by atomic mass is 19.3. The molecule has 1 amide bonds. The van der Waals surface area contributed by atoms with Crippen LogP contribution in [0.2, 0.25) is 0 Å². The zero-order valence-corrected chi connectivity index (χ0v) is 10.8. The molecule has 1 heterocycles. The van der Waals surface area contributed by atoms with E-state index in [0.717, 1.165) is 0 Å². The molecule has 1 unspecified atom stereocenters. The molecular formula is C13H13F2NO5. The van der Waals surface area contributed by atoms with Gasteiger partial charge in [0, 0.05) is 6.42 Å². The van der Waals surface area contributed by atoms with Gasteiger partial charge >= 0.3 is 5.97 Å². The molecule has 0 radical (unpaired) electrons. The van der Waals surface area contributed by atoms with Gasteiger partial charge in [-0.15, -0.1) is 0 Å². The maximum absolute atomic E-state index is 12.2. The largest absolute Gasteiger partial charge is 0.480 e. The van der Waals surface area contributed by atoms with Crippen LogP contribution in [0, 0.1) is 0 Å². The summed E-state index contributed by atoms with van der Waals surface area (Å²) >= 11 is 0. The van der Waals surface area contributed by atoms with Crippen LogP contribution in [0.15, 0.2) is 18.2 Å². The minimum atomic E-state index is -2.81. The average molecular weight is 301 g/mol. The minimum Gasteiger partial charge on any atom is -0.480 e. The van der Waals surface area contributed by atoms with E-state index in [0.29, 0.717) is 17.1 Å². The Hall–Kier alpha value is -2.38. The van der Waals surface area contributed by atoms with Crippen molar-refractivity contribution >= 4 is 11.9 Å². The van der Waals surface area contributed by atoms with Crippen LogP contribution in [0.25, 0.3) is 0 Å². The fraction of sp³-hybridized carbons (Fsp3) is 0.385. The van der Waals surface area contributed by atoms with Gasteiger partial charge in [-0.1, -0.05) is 6.07 Å². The number of ether oxygens (including phenoxy) is 2. The Kier molecular flexibility index (Phi) is 4.56. The molecule has 114 valence electrons. The zero-order chi connectivity index (χ0) is 15.4. The average Bonchev–Trinajstić information content (AvgIpc) is 2.84. The van der Waals surface area contributed by atoms with Gasteiger partial charge in [0.2, 0.25) is 19.1 Å². The van der Waals surface area contributed by atoms with E-state index in [2.05, 4.69) is 5.32 Å². The zero-order valence-electron chi connectivity index (χ0n) is 10.8. The van der Waals surface area contributed by atoms with E-state index in [9.17, 15) is 18.4 Å². The van der Waals surface area contributed by atoms with Gasteiger partial charge < -0.3 is 19.9 Å². The Balaban J connectivity index is 1.96. The standard InChI is InChI=1S/C13H13F2NO5/c14-11(15)5-8(13(18)19)16-12(17)4-7-1-2-9-10(3-7)21-6-20-9/h1-3,8,11H,4-6H2,(H,16,17)(H,18,19). The number of halogens is 2. The summed E-state index contributed by atoms with van der Waals surface area (Å²) in [7, 11) is 0. The summed E-state index contributed by atoms with van der Waals surface area (Å²) in [4.78, 5) is 22.5. The number of carbonyl (C=O) groups is 2. The van der Waals surface area contributed by atoms with Crippen LogP contribution in [0.3, 0.4) is 0 Å². The third kappa shape index (κ3) is 4.04. The van der Waals surface area contributed by atoms with E-state index >= 15 is 0 Å². The molecule has 2 rings (SSSR count). The number of amides is 1. The number of alkyl halides is 2. The van der Waals surface area contributed by atoms with Crippen LogP contribution in [-0.2, 0) is 16.0 Å². The molecule has 1 aromatic rings. The minimum absolute atomic E-state index is 0.0977. The van der Waals surface area contributed by atoms with Crippen molar-refractivity contribution in [1.82, 2.24) is 5.32 Å². The summed E-state index contributed by atoms with van der Waals surface area (Å²) < 4.78 is 34.7. The fourth-order valence-electron chi connectivity index (χ4n) is 1.88. The van der Waals surface area contributed by atoms with Crippen molar-refractivity contribution in [3.05, 3.63) is 23.8 Å². The molecule has 2 N–H and O–H groups in total. The number of hydrogen-bond acceptors (Lipinski definition) is 4. The SMILES string of the molecule is O=C(Cc1ccc2c(c1)OCO2)NC(CC(F)F)C(=O)O. The Morgan fingerprint density at radius 2 is 2.00 bits per heavy atom. The number of hydrogen-bond donors (Lipinski definition) is 2. The van der Waals surface area contributed by atoms with E-state index in [1.165, 1.54) is 0 Å². The Labute approximate surface area is 118 Å². The Bertz CT molecular complexity index is 549. The summed E-state index contributed by atoms with van der Waals surface area (Å²) in [6.07, 6.45) is -3.87. The predicted octanol–water partition coefficient (Wildman–Crippen LogP) is 1.18. The number of carboxylic acids is 1. The normalized spacial score (nSPS) is 14.0. The van der Waals surface area contributed by atoms with Crippen molar-refractivity contribution in [1.29, 1.82) is 0 Å². The van der Waals surface area contributed by atoms with Crippen molar-refractivity contribution in [3.63, 3.8) is 0 Å². The van der Waals surface area contributed by atoms with Crippen molar-refractivity contribution in [2.24, 2.45) is 0 Å². The van der Waals surface area contributed by atoms with Gasteiger partial charge in [0.1, 0.15) is 6.04 Å². The molecule has 0 saturated carbocycles. The number of benzene rings is 1. The van der Waals surface area contributed by atoms with Gasteiger partial charge in [-0.25, -0.2) is 13.6 Å². The molecule has 0 bridgehead atoms. The molecule has 6 nitrogen and oxygen atoms in total. The molecule has 0 spiro atoms. The lowest BCUT2D eigenvalue weighted by Crippen LogP contribution is -2.42. The summed E-state index contributed by atoms with van der Waals surface area (Å²) in [5.41, 5.74) is 0.568. The second-order valence-electron chi connectivity index (χ2n) is 4.45. The van der Waals surface area contributed by atoms with Crippen LogP contribution in [0.5, 0.6) is 11.5 Å². The highest BCUT2D eigenvalue weighted by Crippen LogP contribution is 2.32. The summed E-state index contributed by atoms with van der Waals surface area (Å²) in [6, 6.07) is 3.23. The van der Waals surface area contributed by atoms with Crippen molar-refractivity contribution in [2.45, 2.75) is 25.3 Å². The van der Waals surface area contributed by atoms with Gasteiger partial charge in [0.05, 0.1) is 6.42 Å². The van der Waals surface area contributed by atoms with E-state index in [1.807, 2.05) is 0 Å². The smallest absolute Gasteiger partial charge is 0.326 e. The summed E-state index contributed by atoms with van der Waals surface area (Å²) in [6.45, 7) is 0.0977. The Morgan fingerprint density at radius 3 is 2.67 bits per heavy atom. The molecule has 0 saturated heterocycles. The monoisotopic (exact) mass is 301 g/mol. The predicted molar refractivity (Wildman–Crippen MR) is 66.5 cm³/mol. The van der Waals surface area contributed by atoms with Gasteiger partial charge in [-0.3, -0.25) is 4.79 Å². The van der Waals surface area contributed by atoms with Gasteiger partial charge in [0.15, 0.2) is 11.5 Å². The lowest BCUT2D eigenvalue weighted by atomic mass is 10.1. The number of nitrogens with one attached hydrogen (secondary N) is 1. The third-order valence-electron chi connectivity index (χ3n) is 2.85. The van der Waals surface area contributed by atoms with E-state index < -0.39 is 30.8 Å². The summed E-state index contributed by atoms with van der Waals surface area (Å²) in [5.74, 6) is -1.10. The highest BCUT2D eigenvalue weighted by molar-refractivity contribution is 5.85. The van der Waals surface area contributed by atoms with Crippen molar-refractivity contribution in [3.8, 4) is 11.5 Å². The molecule has 0 aromatic heterocycles. The molecular weight excluding hydrogens is 288 g/mol. The fourth-order valence-corrected chi connectivity index (χ4v) is 1.88. The molecule has 0 fully saturated rings. The van der Waals surface area contributed by atoms with Crippen LogP contribution in [0.1, 0.15) is 12.0 Å². The van der Waals surface area contributed by atoms with Gasteiger partial charge in [-0.2, -0.15) is 0 Å². The van der Waals surface area contributed by atoms with Crippen LogP contribution >= 0.6 is 0 Å². The third-order valence-corrected chi connectivity index (χ3v) is 2.85.